The second kappa shape index (κ2) is 7.45. The van der Waals surface area contributed by atoms with Crippen LogP contribution in [-0.2, 0) is 7.05 Å². The van der Waals surface area contributed by atoms with E-state index in [4.69, 9.17) is 4.74 Å². The predicted octanol–water partition coefficient (Wildman–Crippen LogP) is 2.80. The molecule has 160 valence electrons. The summed E-state index contributed by atoms with van der Waals surface area (Å²) in [5, 5.41) is 0.834. The second-order valence-electron chi connectivity index (χ2n) is 7.60. The van der Waals surface area contributed by atoms with E-state index in [1.807, 2.05) is 43.3 Å². The molecular formula is C23H21N7O2. The van der Waals surface area contributed by atoms with Gasteiger partial charge in [0.15, 0.2) is 0 Å². The van der Waals surface area contributed by atoms with Crippen LogP contribution in [0, 0.1) is 0 Å². The number of methoxy groups -OCH3 is 1. The molecule has 0 aliphatic carbocycles. The number of aryl methyl sites for hydroxylation is 1. The highest BCUT2D eigenvalue weighted by atomic mass is 16.5. The topological polar surface area (TPSA) is 91.0 Å². The molecule has 0 aliphatic rings. The van der Waals surface area contributed by atoms with Crippen molar-refractivity contribution in [3.05, 3.63) is 65.6 Å². The number of anilines is 1. The third-order valence-electron chi connectivity index (χ3n) is 5.44. The number of nitrogens with zero attached hydrogens (tertiary/aromatic N) is 7. The van der Waals surface area contributed by atoms with Gasteiger partial charge in [-0.15, -0.1) is 0 Å². The maximum Gasteiger partial charge on any atom is 0.333 e. The molecule has 0 amide bonds. The van der Waals surface area contributed by atoms with Crippen LogP contribution in [0.2, 0.25) is 0 Å². The molecule has 0 spiro atoms. The summed E-state index contributed by atoms with van der Waals surface area (Å²) >= 11 is 0. The normalized spacial score (nSPS) is 11.2. The Morgan fingerprint density at radius 2 is 1.75 bits per heavy atom. The van der Waals surface area contributed by atoms with E-state index in [1.165, 1.54) is 7.11 Å². The van der Waals surface area contributed by atoms with Crippen LogP contribution in [0.15, 0.2) is 59.9 Å². The van der Waals surface area contributed by atoms with Crippen molar-refractivity contribution in [1.29, 1.82) is 0 Å². The van der Waals surface area contributed by atoms with Gasteiger partial charge in [-0.25, -0.2) is 19.7 Å². The van der Waals surface area contributed by atoms with E-state index in [-0.39, 0.29) is 5.69 Å². The van der Waals surface area contributed by atoms with Crippen LogP contribution in [0.4, 0.5) is 5.95 Å². The van der Waals surface area contributed by atoms with E-state index in [1.54, 1.807) is 47.0 Å². The molecule has 5 rings (SSSR count). The minimum absolute atomic E-state index is 0.204. The third-order valence-corrected chi connectivity index (χ3v) is 5.44. The van der Waals surface area contributed by atoms with Gasteiger partial charge in [0.25, 0.3) is 0 Å². The van der Waals surface area contributed by atoms with E-state index >= 15 is 0 Å². The SMILES string of the molecule is COc1ncccc1-n1c(=O)n(C)c2cnc3ccc(-c4cnc(N(C)C)nc4)cc3c21. The fraction of sp³-hybridized carbons (Fsp3) is 0.174. The second-order valence-corrected chi connectivity index (χ2v) is 7.60. The minimum Gasteiger partial charge on any atom is -0.479 e. The van der Waals surface area contributed by atoms with Crippen LogP contribution in [0.1, 0.15) is 0 Å². The number of benzene rings is 1. The Morgan fingerprint density at radius 3 is 2.47 bits per heavy atom. The lowest BCUT2D eigenvalue weighted by molar-refractivity contribution is 0.396. The molecule has 0 saturated carbocycles. The summed E-state index contributed by atoms with van der Waals surface area (Å²) in [5.41, 5.74) is 4.39. The fourth-order valence-corrected chi connectivity index (χ4v) is 3.81. The number of aromatic nitrogens is 6. The lowest BCUT2D eigenvalue weighted by Gasteiger charge is -2.11. The van der Waals surface area contributed by atoms with Crippen molar-refractivity contribution in [3.63, 3.8) is 0 Å². The first-order valence-corrected chi connectivity index (χ1v) is 9.99. The summed E-state index contributed by atoms with van der Waals surface area (Å²) in [4.78, 5) is 32.8. The summed E-state index contributed by atoms with van der Waals surface area (Å²) < 4.78 is 8.64. The maximum atomic E-state index is 13.2. The Morgan fingerprint density at radius 1 is 0.969 bits per heavy atom. The van der Waals surface area contributed by atoms with E-state index in [0.29, 0.717) is 23.0 Å². The summed E-state index contributed by atoms with van der Waals surface area (Å²) in [6.07, 6.45) is 6.93. The van der Waals surface area contributed by atoms with Gasteiger partial charge >= 0.3 is 5.69 Å². The minimum atomic E-state index is -0.204. The van der Waals surface area contributed by atoms with Gasteiger partial charge in [0, 0.05) is 50.7 Å². The van der Waals surface area contributed by atoms with Gasteiger partial charge in [0.05, 0.1) is 29.9 Å². The van der Waals surface area contributed by atoms with E-state index in [0.717, 1.165) is 27.5 Å². The summed E-state index contributed by atoms with van der Waals surface area (Å²) in [6.45, 7) is 0. The Balaban J connectivity index is 1.81. The Kier molecular flexibility index (Phi) is 4.58. The molecule has 0 atom stereocenters. The standard InChI is InChI=1S/C23H21N7O2/c1-28(2)22-26-11-15(12-27-22)14-7-8-17-16(10-14)20-19(13-25-17)29(3)23(31)30(20)18-6-5-9-24-21(18)32-4/h5-13H,1-4H3. The molecule has 0 saturated heterocycles. The van der Waals surface area contributed by atoms with Gasteiger partial charge < -0.3 is 9.64 Å². The van der Waals surface area contributed by atoms with Crippen molar-refractivity contribution in [2.24, 2.45) is 7.05 Å². The average Bonchev–Trinajstić information content (AvgIpc) is 3.09. The molecule has 0 fully saturated rings. The van der Waals surface area contributed by atoms with Crippen molar-refractivity contribution < 1.29 is 4.74 Å². The van der Waals surface area contributed by atoms with Crippen molar-refractivity contribution in [1.82, 2.24) is 29.1 Å². The van der Waals surface area contributed by atoms with E-state index < -0.39 is 0 Å². The molecule has 9 heteroatoms. The zero-order chi connectivity index (χ0) is 22.4. The van der Waals surface area contributed by atoms with Crippen molar-refractivity contribution in [2.45, 2.75) is 0 Å². The molecular weight excluding hydrogens is 406 g/mol. The van der Waals surface area contributed by atoms with Gasteiger partial charge in [0.2, 0.25) is 11.8 Å². The van der Waals surface area contributed by atoms with E-state index in [9.17, 15) is 4.79 Å². The largest absolute Gasteiger partial charge is 0.479 e. The molecule has 0 radical (unpaired) electrons. The van der Waals surface area contributed by atoms with Crippen LogP contribution in [-0.4, -0.2) is 50.3 Å². The first-order valence-electron chi connectivity index (χ1n) is 9.99. The number of pyridine rings is 2. The molecule has 4 heterocycles. The zero-order valence-corrected chi connectivity index (χ0v) is 18.1. The third kappa shape index (κ3) is 2.97. The van der Waals surface area contributed by atoms with Crippen molar-refractivity contribution >= 4 is 27.9 Å². The molecule has 0 N–H and O–H groups in total. The molecule has 0 aliphatic heterocycles. The van der Waals surface area contributed by atoms with Crippen molar-refractivity contribution in [2.75, 3.05) is 26.1 Å². The quantitative estimate of drug-likeness (QED) is 0.436. The number of rotatable bonds is 4. The molecule has 9 nitrogen and oxygen atoms in total. The lowest BCUT2D eigenvalue weighted by atomic mass is 10.1. The highest BCUT2D eigenvalue weighted by Gasteiger charge is 2.19. The molecule has 5 aromatic rings. The van der Waals surface area contributed by atoms with Gasteiger partial charge in [-0.1, -0.05) is 6.07 Å². The van der Waals surface area contributed by atoms with Gasteiger partial charge in [-0.3, -0.25) is 14.1 Å². The number of hydrogen-bond acceptors (Lipinski definition) is 7. The Bertz CT molecular complexity index is 1520. The Hall–Kier alpha value is -4.27. The smallest absolute Gasteiger partial charge is 0.333 e. The summed E-state index contributed by atoms with van der Waals surface area (Å²) in [6, 6.07) is 9.52. The molecule has 32 heavy (non-hydrogen) atoms. The lowest BCUT2D eigenvalue weighted by Crippen LogP contribution is -2.21. The van der Waals surface area contributed by atoms with Gasteiger partial charge in [-0.05, 0) is 29.8 Å². The predicted molar refractivity (Wildman–Crippen MR) is 124 cm³/mol. The summed E-state index contributed by atoms with van der Waals surface area (Å²) in [5.74, 6) is 1.01. The van der Waals surface area contributed by atoms with Crippen LogP contribution < -0.4 is 15.3 Å². The van der Waals surface area contributed by atoms with Crippen LogP contribution >= 0.6 is 0 Å². The summed E-state index contributed by atoms with van der Waals surface area (Å²) in [7, 11) is 7.07. The van der Waals surface area contributed by atoms with Crippen LogP contribution in [0.25, 0.3) is 38.8 Å². The molecule has 4 aromatic heterocycles. The molecule has 0 bridgehead atoms. The fourth-order valence-electron chi connectivity index (χ4n) is 3.81. The highest BCUT2D eigenvalue weighted by Crippen LogP contribution is 2.31. The first-order chi connectivity index (χ1) is 15.5. The number of fused-ring (bicyclic) bond motifs is 3. The first kappa shape index (κ1) is 19.7. The number of ether oxygens (including phenoxy) is 1. The van der Waals surface area contributed by atoms with E-state index in [2.05, 4.69) is 19.9 Å². The van der Waals surface area contributed by atoms with Crippen LogP contribution in [0.5, 0.6) is 5.88 Å². The zero-order valence-electron chi connectivity index (χ0n) is 18.1. The number of hydrogen-bond donors (Lipinski definition) is 0. The van der Waals surface area contributed by atoms with Crippen LogP contribution in [0.3, 0.4) is 0 Å². The number of imidazole rings is 1. The highest BCUT2D eigenvalue weighted by molar-refractivity contribution is 6.04. The molecule has 1 aromatic carbocycles. The Labute approximate surface area is 183 Å². The monoisotopic (exact) mass is 427 g/mol. The maximum absolute atomic E-state index is 13.2. The van der Waals surface area contributed by atoms with Gasteiger partial charge in [0.1, 0.15) is 5.69 Å². The molecule has 0 unspecified atom stereocenters. The van der Waals surface area contributed by atoms with Gasteiger partial charge in [-0.2, -0.15) is 0 Å². The average molecular weight is 427 g/mol. The van der Waals surface area contributed by atoms with Crippen molar-refractivity contribution in [3.8, 4) is 22.7 Å².